The van der Waals surface area contributed by atoms with Crippen LogP contribution >= 0.6 is 0 Å². The molecule has 8 rings (SSSR count). The van der Waals surface area contributed by atoms with Gasteiger partial charge in [-0.3, -0.25) is 29.2 Å². The van der Waals surface area contributed by atoms with Gasteiger partial charge >= 0.3 is 12.1 Å². The van der Waals surface area contributed by atoms with Crippen LogP contribution in [-0.4, -0.2) is 135 Å². The molecule has 0 saturated carbocycles. The standard InChI is InChI=1S/C27H35N3O5.C25H31N3O5/c1-6-30-26(32)29(18-20-11-19(2)12-22(13-20)33-3)25(31)27(30)7-9-28(10-8-27)17-21-14-23(34-4)16-24(15-21)35-5;1-17-9-18(11-20(10-17)31-2)16-28-23(29)25(26-24(28)30)5-7-27(8-6-25)15-19-12-21(32-3)14-22(13-19)33-4/h11-16H,6-10,17-18H2,1-5H3;9-14H,5-8,15-16H2,1-4H3,(H,26,30). The highest BCUT2D eigenvalue weighted by molar-refractivity contribution is 6.07. The first kappa shape index (κ1) is 49.4. The van der Waals surface area contributed by atoms with Gasteiger partial charge in [-0.2, -0.15) is 0 Å². The molecule has 68 heavy (non-hydrogen) atoms. The van der Waals surface area contributed by atoms with Gasteiger partial charge in [0.25, 0.3) is 11.8 Å². The number of likely N-dealkylation sites (N-methyl/N-ethyl adjacent to an activating group) is 1. The van der Waals surface area contributed by atoms with E-state index >= 15 is 0 Å². The molecule has 0 bridgehead atoms. The molecular formula is C52H66N6O10. The molecule has 0 atom stereocenters. The molecule has 0 unspecified atom stereocenters. The number of methoxy groups -OCH3 is 6. The number of likely N-dealkylation sites (tertiary alicyclic amines) is 2. The number of hydrogen-bond acceptors (Lipinski definition) is 12. The minimum atomic E-state index is -0.826. The molecule has 0 aromatic heterocycles. The summed E-state index contributed by atoms with van der Waals surface area (Å²) in [5, 5.41) is 2.99. The van der Waals surface area contributed by atoms with E-state index in [0.29, 0.717) is 51.1 Å². The van der Waals surface area contributed by atoms with Gasteiger partial charge in [-0.05, 0) is 128 Å². The first-order chi connectivity index (χ1) is 32.7. The minimum Gasteiger partial charge on any atom is -0.497 e. The number of benzene rings is 4. The van der Waals surface area contributed by atoms with Crippen LogP contribution in [-0.2, 0) is 35.8 Å². The Bertz CT molecular complexity index is 2440. The molecule has 364 valence electrons. The minimum absolute atomic E-state index is 0.0903. The summed E-state index contributed by atoms with van der Waals surface area (Å²) in [7, 11) is 9.78. The van der Waals surface area contributed by atoms with Gasteiger partial charge in [-0.25, -0.2) is 9.59 Å². The molecule has 4 aromatic carbocycles. The van der Waals surface area contributed by atoms with Gasteiger partial charge in [0.15, 0.2) is 0 Å². The predicted molar refractivity (Wildman–Crippen MR) is 256 cm³/mol. The van der Waals surface area contributed by atoms with Crippen molar-refractivity contribution in [1.29, 1.82) is 0 Å². The number of carbonyl (C=O) groups is 4. The van der Waals surface area contributed by atoms with Crippen molar-refractivity contribution in [2.75, 3.05) is 75.4 Å². The van der Waals surface area contributed by atoms with Crippen molar-refractivity contribution in [2.24, 2.45) is 0 Å². The molecule has 4 aromatic rings. The lowest BCUT2D eigenvalue weighted by atomic mass is 9.85. The summed E-state index contributed by atoms with van der Waals surface area (Å²) in [4.78, 5) is 62.2. The van der Waals surface area contributed by atoms with Crippen LogP contribution in [0.4, 0.5) is 9.59 Å². The molecule has 4 heterocycles. The van der Waals surface area contributed by atoms with Crippen molar-refractivity contribution in [3.05, 3.63) is 106 Å². The maximum Gasteiger partial charge on any atom is 0.327 e. The fourth-order valence-electron chi connectivity index (χ4n) is 10.0. The molecule has 2 spiro atoms. The van der Waals surface area contributed by atoms with Gasteiger partial charge in [0.1, 0.15) is 45.6 Å². The normalized spacial score (nSPS) is 17.9. The van der Waals surface area contributed by atoms with Gasteiger partial charge < -0.3 is 38.6 Å². The number of ether oxygens (including phenoxy) is 6. The van der Waals surface area contributed by atoms with E-state index < -0.39 is 11.1 Å². The first-order valence-corrected chi connectivity index (χ1v) is 23.1. The molecule has 16 nitrogen and oxygen atoms in total. The fraction of sp³-hybridized carbons (Fsp3) is 0.462. The molecule has 4 aliphatic heterocycles. The van der Waals surface area contributed by atoms with E-state index in [4.69, 9.17) is 28.4 Å². The lowest BCUT2D eigenvalue weighted by molar-refractivity contribution is -0.136. The van der Waals surface area contributed by atoms with Crippen LogP contribution in [0, 0.1) is 13.8 Å². The average Bonchev–Trinajstić information content (AvgIpc) is 3.68. The van der Waals surface area contributed by atoms with Gasteiger partial charge in [-0.15, -0.1) is 0 Å². The molecule has 6 amide bonds. The highest BCUT2D eigenvalue weighted by atomic mass is 16.5. The Balaban J connectivity index is 0.000000202. The van der Waals surface area contributed by atoms with Crippen molar-refractivity contribution in [3.63, 3.8) is 0 Å². The van der Waals surface area contributed by atoms with Gasteiger partial charge in [0.2, 0.25) is 0 Å². The second-order valence-electron chi connectivity index (χ2n) is 18.1. The number of nitrogens with zero attached hydrogens (tertiary/aromatic N) is 5. The van der Waals surface area contributed by atoms with E-state index in [0.717, 1.165) is 88.3 Å². The van der Waals surface area contributed by atoms with Crippen LogP contribution in [0.3, 0.4) is 0 Å². The summed E-state index contributed by atoms with van der Waals surface area (Å²) < 4.78 is 32.2. The van der Waals surface area contributed by atoms with Crippen molar-refractivity contribution >= 4 is 23.9 Å². The number of imide groups is 2. The van der Waals surface area contributed by atoms with Crippen molar-refractivity contribution in [1.82, 2.24) is 29.8 Å². The van der Waals surface area contributed by atoms with E-state index in [-0.39, 0.29) is 37.0 Å². The van der Waals surface area contributed by atoms with E-state index in [2.05, 4.69) is 15.1 Å². The topological polar surface area (TPSA) is 152 Å². The predicted octanol–water partition coefficient (Wildman–Crippen LogP) is 6.95. The second kappa shape index (κ2) is 21.2. The van der Waals surface area contributed by atoms with Gasteiger partial charge in [0.05, 0.1) is 55.7 Å². The highest BCUT2D eigenvalue weighted by Gasteiger charge is 2.57. The number of amides is 6. The maximum absolute atomic E-state index is 13.7. The monoisotopic (exact) mass is 934 g/mol. The average molecular weight is 935 g/mol. The van der Waals surface area contributed by atoms with Crippen LogP contribution in [0.1, 0.15) is 66.0 Å². The molecular weight excluding hydrogens is 869 g/mol. The number of nitrogens with one attached hydrogen (secondary N) is 1. The van der Waals surface area contributed by atoms with E-state index in [1.807, 2.05) is 93.6 Å². The third kappa shape index (κ3) is 10.6. The summed E-state index contributed by atoms with van der Waals surface area (Å²) in [6.45, 7) is 11.2. The Labute approximate surface area is 399 Å². The zero-order valence-electron chi connectivity index (χ0n) is 40.9. The maximum atomic E-state index is 13.7. The van der Waals surface area contributed by atoms with Crippen LogP contribution < -0.4 is 33.7 Å². The Morgan fingerprint density at radius 2 is 0.838 bits per heavy atom. The highest BCUT2D eigenvalue weighted by Crippen LogP contribution is 2.39. The van der Waals surface area contributed by atoms with Crippen LogP contribution in [0.2, 0.25) is 0 Å². The quantitative estimate of drug-likeness (QED) is 0.123. The summed E-state index contributed by atoms with van der Waals surface area (Å²) >= 11 is 0. The summed E-state index contributed by atoms with van der Waals surface area (Å²) in [5.41, 5.74) is 4.39. The molecule has 4 aliphatic rings. The van der Waals surface area contributed by atoms with Crippen LogP contribution in [0.5, 0.6) is 34.5 Å². The van der Waals surface area contributed by atoms with E-state index in [1.165, 1.54) is 9.80 Å². The Morgan fingerprint density at radius 3 is 1.24 bits per heavy atom. The summed E-state index contributed by atoms with van der Waals surface area (Å²) in [6, 6.07) is 22.7. The molecule has 4 fully saturated rings. The smallest absolute Gasteiger partial charge is 0.327 e. The van der Waals surface area contributed by atoms with Crippen LogP contribution in [0.15, 0.2) is 72.8 Å². The largest absolute Gasteiger partial charge is 0.497 e. The molecule has 16 heteroatoms. The third-order valence-corrected chi connectivity index (χ3v) is 13.6. The number of aryl methyl sites for hydroxylation is 2. The lowest BCUT2D eigenvalue weighted by Gasteiger charge is -2.42. The van der Waals surface area contributed by atoms with Gasteiger partial charge in [0, 0.05) is 57.9 Å². The number of urea groups is 2. The van der Waals surface area contributed by atoms with Crippen LogP contribution in [0.25, 0.3) is 0 Å². The number of hydrogen-bond donors (Lipinski definition) is 1. The second-order valence-corrected chi connectivity index (χ2v) is 18.1. The first-order valence-electron chi connectivity index (χ1n) is 23.1. The van der Waals surface area contributed by atoms with E-state index in [1.54, 1.807) is 47.6 Å². The van der Waals surface area contributed by atoms with Crippen molar-refractivity contribution in [3.8, 4) is 34.5 Å². The van der Waals surface area contributed by atoms with E-state index in [9.17, 15) is 19.2 Å². The molecule has 1 N–H and O–H groups in total. The third-order valence-electron chi connectivity index (χ3n) is 13.6. The molecule has 0 aliphatic carbocycles. The zero-order chi connectivity index (χ0) is 48.8. The molecule has 0 radical (unpaired) electrons. The zero-order valence-corrected chi connectivity index (χ0v) is 40.9. The number of rotatable bonds is 15. The fourth-order valence-corrected chi connectivity index (χ4v) is 10.0. The number of piperidine rings is 2. The lowest BCUT2D eigenvalue weighted by Crippen LogP contribution is -2.56. The van der Waals surface area contributed by atoms with Crippen molar-refractivity contribution < 1.29 is 47.6 Å². The summed E-state index contributed by atoms with van der Waals surface area (Å²) in [5.74, 6) is 4.22. The molecule has 4 saturated heterocycles. The Morgan fingerprint density at radius 1 is 0.471 bits per heavy atom. The SMILES string of the molecule is CCN1C(=O)N(Cc2cc(C)cc(OC)c2)C(=O)C12CCN(Cc1cc(OC)cc(OC)c1)CC2.COc1cc(C)cc(CN2C(=O)NC3(CCN(Cc4cc(OC)cc(OC)c4)CC3)C2=O)c1. The van der Waals surface area contributed by atoms with Gasteiger partial charge in [-0.1, -0.05) is 12.1 Å². The number of carbonyl (C=O) groups excluding carboxylic acids is 4. The van der Waals surface area contributed by atoms with Crippen molar-refractivity contribution in [2.45, 2.75) is 83.7 Å². The summed E-state index contributed by atoms with van der Waals surface area (Å²) in [6.07, 6.45) is 2.37. The Hall–Kier alpha value is -6.52. The Kier molecular flexibility index (Phi) is 15.4.